The molecule has 0 radical (unpaired) electrons. The Kier molecular flexibility index (Phi) is 30.7. The van der Waals surface area contributed by atoms with E-state index in [1.165, 1.54) is 109 Å². The minimum Gasteiger partial charge on any atom is -0.726 e. The molecule has 17 heteroatoms. The van der Waals surface area contributed by atoms with Crippen LogP contribution < -0.4 is 5.32 Å². The van der Waals surface area contributed by atoms with Crippen LogP contribution in [0.3, 0.4) is 0 Å². The van der Waals surface area contributed by atoms with Gasteiger partial charge in [0, 0.05) is 6.42 Å². The van der Waals surface area contributed by atoms with Crippen LogP contribution in [0.5, 0.6) is 0 Å². The number of nitrogens with one attached hydrogen (secondary N) is 1. The number of carbonyl (C=O) groups is 1. The van der Waals surface area contributed by atoms with Crippen molar-refractivity contribution in [3.8, 4) is 0 Å². The third kappa shape index (κ3) is 28.8. The molecule has 0 aromatic rings. The molecule has 1 amide bonds. The van der Waals surface area contributed by atoms with Crippen LogP contribution in [0.2, 0.25) is 0 Å². The topological polar surface area (TPSA) is 241 Å². The summed E-state index contributed by atoms with van der Waals surface area (Å²) in [5, 5.41) is 34.8. The molecule has 1 aliphatic heterocycles. The first-order valence-electron chi connectivity index (χ1n) is 21.7. The average molecular weight is 858 g/mol. The van der Waals surface area contributed by atoms with Crippen LogP contribution in [0.15, 0.2) is 12.2 Å². The molecule has 1 fully saturated rings. The van der Waals surface area contributed by atoms with Gasteiger partial charge in [0.25, 0.3) is 0 Å². The first-order chi connectivity index (χ1) is 27.2. The van der Waals surface area contributed by atoms with E-state index in [9.17, 15) is 46.1 Å². The zero-order chi connectivity index (χ0) is 42.4. The number of rotatable bonds is 37. The van der Waals surface area contributed by atoms with E-state index in [4.69, 9.17) is 9.47 Å². The van der Waals surface area contributed by atoms with Crippen molar-refractivity contribution in [2.24, 2.45) is 0 Å². The Morgan fingerprint density at radius 2 is 1.16 bits per heavy atom. The summed E-state index contributed by atoms with van der Waals surface area (Å²) in [4.78, 5) is 13.0. The van der Waals surface area contributed by atoms with Gasteiger partial charge in [-0.3, -0.25) is 13.2 Å². The number of ether oxygens (including phenoxy) is 2. The quantitative estimate of drug-likeness (QED) is 0.0230. The standard InChI is InChI=1S/C40H77NO14S2/c1-3-5-7-9-11-13-15-17-19-21-23-25-27-29-34(42)33(41-36(43)30-28-26-24-22-20-18-16-14-12-10-8-6-4-2)31-52-40-39(55-57(49,50)51)38(45)37(44)35(54-40)32-53-56(46,47)48/h27,29,33-35,37-40,42,44-45H,3-26,28,30-32H2,1-2H3,(H,41,43)(H,46,47,48)(H,49,50,51)/p-2/b29-27+/t33-,34+,35?,37?,38?,39?,40?/m0/s1. The van der Waals surface area contributed by atoms with Gasteiger partial charge in [-0.2, -0.15) is 0 Å². The van der Waals surface area contributed by atoms with Crippen LogP contribution in [0.25, 0.3) is 0 Å². The van der Waals surface area contributed by atoms with Gasteiger partial charge in [-0.25, -0.2) is 16.8 Å². The van der Waals surface area contributed by atoms with Crippen molar-refractivity contribution >= 4 is 26.7 Å². The average Bonchev–Trinajstić information content (AvgIpc) is 3.15. The van der Waals surface area contributed by atoms with E-state index in [0.29, 0.717) is 12.8 Å². The Labute approximate surface area is 344 Å². The fraction of sp³-hybridized carbons (Fsp3) is 0.925. The van der Waals surface area contributed by atoms with Crippen molar-refractivity contribution in [2.75, 3.05) is 13.2 Å². The SMILES string of the molecule is CCCCCCCCCCCCC/C=C/[C@@H](O)[C@H](COC1OC(COS(=O)(=O)[O-])C(O)C(O)C1OS(=O)(=O)[O-])NC(=O)CCCCCCCCCCCCCCC. The van der Waals surface area contributed by atoms with Gasteiger partial charge in [0.15, 0.2) is 12.4 Å². The van der Waals surface area contributed by atoms with Crippen molar-refractivity contribution in [3.63, 3.8) is 0 Å². The molecular weight excluding hydrogens is 783 g/mol. The van der Waals surface area contributed by atoms with Gasteiger partial charge >= 0.3 is 0 Å². The molecular formula is C40H75NO14S2-2. The Morgan fingerprint density at radius 3 is 1.61 bits per heavy atom. The molecule has 7 atom stereocenters. The first kappa shape index (κ1) is 53.8. The summed E-state index contributed by atoms with van der Waals surface area (Å²) in [6.45, 7) is 2.80. The van der Waals surface area contributed by atoms with Crippen LogP contribution in [0, 0.1) is 0 Å². The second kappa shape index (κ2) is 32.5. The highest BCUT2D eigenvalue weighted by Crippen LogP contribution is 2.27. The van der Waals surface area contributed by atoms with Gasteiger partial charge in [0.2, 0.25) is 26.7 Å². The van der Waals surface area contributed by atoms with Crippen molar-refractivity contribution in [2.45, 2.75) is 224 Å². The second-order valence-corrected chi connectivity index (χ2v) is 17.5. The van der Waals surface area contributed by atoms with E-state index in [1.807, 2.05) is 0 Å². The van der Waals surface area contributed by atoms with Crippen molar-refractivity contribution < 1.29 is 63.9 Å². The monoisotopic (exact) mass is 857 g/mol. The molecule has 1 rings (SSSR count). The van der Waals surface area contributed by atoms with Crippen LogP contribution in [-0.4, -0.2) is 103 Å². The van der Waals surface area contributed by atoms with Crippen molar-refractivity contribution in [3.05, 3.63) is 12.2 Å². The molecule has 0 aromatic heterocycles. The Hall–Kier alpha value is -1.25. The number of carbonyl (C=O) groups excluding carboxylic acids is 1. The van der Waals surface area contributed by atoms with E-state index in [2.05, 4.69) is 27.5 Å². The summed E-state index contributed by atoms with van der Waals surface area (Å²) < 4.78 is 87.0. The smallest absolute Gasteiger partial charge is 0.220 e. The van der Waals surface area contributed by atoms with E-state index in [1.54, 1.807) is 6.08 Å². The Balaban J connectivity index is 2.76. The molecule has 0 spiro atoms. The number of aliphatic hydroxyl groups is 3. The maximum absolute atomic E-state index is 13.0. The fourth-order valence-corrected chi connectivity index (χ4v) is 7.65. The maximum Gasteiger partial charge on any atom is 0.220 e. The normalized spacial score (nSPS) is 21.6. The van der Waals surface area contributed by atoms with E-state index < -0.39 is 76.9 Å². The van der Waals surface area contributed by atoms with Gasteiger partial charge in [0.1, 0.15) is 18.3 Å². The van der Waals surface area contributed by atoms with E-state index >= 15 is 0 Å². The number of hydrogen-bond donors (Lipinski definition) is 4. The third-order valence-corrected chi connectivity index (χ3v) is 11.1. The van der Waals surface area contributed by atoms with Crippen LogP contribution in [0.4, 0.5) is 0 Å². The van der Waals surface area contributed by atoms with Gasteiger partial charge in [-0.05, 0) is 19.3 Å². The summed E-state index contributed by atoms with van der Waals surface area (Å²) in [6, 6.07) is -1.11. The lowest BCUT2D eigenvalue weighted by Crippen LogP contribution is -2.61. The largest absolute Gasteiger partial charge is 0.726 e. The highest BCUT2D eigenvalue weighted by Gasteiger charge is 2.47. The number of aliphatic hydroxyl groups excluding tert-OH is 3. The minimum atomic E-state index is -5.49. The Bertz CT molecular complexity index is 1250. The summed E-state index contributed by atoms with van der Waals surface area (Å²) in [5.74, 6) is -0.369. The zero-order valence-corrected chi connectivity index (χ0v) is 36.3. The highest BCUT2D eigenvalue weighted by atomic mass is 32.3. The summed E-state index contributed by atoms with van der Waals surface area (Å²) in [5.41, 5.74) is 0. The lowest BCUT2D eigenvalue weighted by Gasteiger charge is -2.42. The highest BCUT2D eigenvalue weighted by molar-refractivity contribution is 7.81. The van der Waals surface area contributed by atoms with Crippen molar-refractivity contribution in [1.29, 1.82) is 0 Å². The first-order valence-corrected chi connectivity index (χ1v) is 24.4. The van der Waals surface area contributed by atoms with Crippen molar-refractivity contribution in [1.82, 2.24) is 5.32 Å². The molecule has 1 saturated heterocycles. The molecule has 0 bridgehead atoms. The molecule has 1 aliphatic rings. The van der Waals surface area contributed by atoms with E-state index in [0.717, 1.165) is 44.9 Å². The zero-order valence-electron chi connectivity index (χ0n) is 34.6. The summed E-state index contributed by atoms with van der Waals surface area (Å²) in [7, 11) is -10.7. The molecule has 0 aliphatic carbocycles. The number of allylic oxidation sites excluding steroid dienone is 1. The number of unbranched alkanes of at least 4 members (excludes halogenated alkanes) is 23. The molecule has 5 unspecified atom stereocenters. The lowest BCUT2D eigenvalue weighted by atomic mass is 9.99. The molecule has 1 heterocycles. The van der Waals surface area contributed by atoms with Gasteiger partial charge in [0.05, 0.1) is 25.4 Å². The van der Waals surface area contributed by atoms with Gasteiger partial charge in [-0.1, -0.05) is 167 Å². The molecule has 15 nitrogen and oxygen atoms in total. The summed E-state index contributed by atoms with van der Waals surface area (Å²) in [6.07, 6.45) is 21.0. The Morgan fingerprint density at radius 1 is 0.702 bits per heavy atom. The van der Waals surface area contributed by atoms with E-state index in [-0.39, 0.29) is 12.3 Å². The molecule has 0 aromatic carbocycles. The molecule has 4 N–H and O–H groups in total. The lowest BCUT2D eigenvalue weighted by molar-refractivity contribution is -0.296. The van der Waals surface area contributed by atoms with Crippen LogP contribution in [0.1, 0.15) is 181 Å². The molecule has 57 heavy (non-hydrogen) atoms. The minimum absolute atomic E-state index is 0.178. The van der Waals surface area contributed by atoms with Gasteiger partial charge in [-0.15, -0.1) is 0 Å². The predicted octanol–water partition coefficient (Wildman–Crippen LogP) is 6.36. The van der Waals surface area contributed by atoms with Gasteiger partial charge < -0.3 is 39.2 Å². The van der Waals surface area contributed by atoms with Crippen LogP contribution >= 0.6 is 0 Å². The second-order valence-electron chi connectivity index (χ2n) is 15.4. The number of hydrogen-bond acceptors (Lipinski definition) is 14. The summed E-state index contributed by atoms with van der Waals surface area (Å²) >= 11 is 0. The fourth-order valence-electron chi connectivity index (χ4n) is 6.87. The predicted molar refractivity (Wildman–Crippen MR) is 215 cm³/mol. The number of amides is 1. The molecule has 0 saturated carbocycles. The third-order valence-electron chi connectivity index (χ3n) is 10.3. The van der Waals surface area contributed by atoms with Crippen LogP contribution in [-0.2, 0) is 43.4 Å². The molecule has 338 valence electrons. The maximum atomic E-state index is 13.0.